The molecule has 8 aromatic rings. The molecular weight excluding hydrogens is 993 g/mol. The molecule has 12 rings (SSSR count). The van der Waals surface area contributed by atoms with E-state index in [2.05, 4.69) is 51.8 Å². The van der Waals surface area contributed by atoms with E-state index in [4.69, 9.17) is 11.5 Å². The summed E-state index contributed by atoms with van der Waals surface area (Å²) in [7, 11) is 2.12. The van der Waals surface area contributed by atoms with Crippen LogP contribution in [-0.4, -0.2) is 121 Å². The van der Waals surface area contributed by atoms with Gasteiger partial charge in [0.15, 0.2) is 0 Å². The van der Waals surface area contributed by atoms with Gasteiger partial charge in [-0.25, -0.2) is 19.9 Å². The zero-order valence-corrected chi connectivity index (χ0v) is 42.8. The quantitative estimate of drug-likeness (QED) is 0.0610. The van der Waals surface area contributed by atoms with Crippen LogP contribution in [0.5, 0.6) is 0 Å². The highest BCUT2D eigenvalue weighted by atomic mass is 16.6. The zero-order valence-electron chi connectivity index (χ0n) is 42.8. The second-order valence-corrected chi connectivity index (χ2v) is 20.6. The second kappa shape index (κ2) is 23.3. The van der Waals surface area contributed by atoms with Crippen LogP contribution in [0.4, 0.5) is 22.7 Å². The first-order valence-corrected chi connectivity index (χ1v) is 26.0. The highest BCUT2D eigenvalue weighted by molar-refractivity contribution is 5.80. The smallest absolute Gasteiger partial charge is 0.271 e. The molecule has 0 spiro atoms. The van der Waals surface area contributed by atoms with E-state index in [-0.39, 0.29) is 51.6 Å². The number of fused-ring (bicyclic) bond motifs is 4. The first kappa shape index (κ1) is 53.5. The van der Waals surface area contributed by atoms with E-state index in [1.807, 2.05) is 4.90 Å². The molecule has 4 atom stereocenters. The summed E-state index contributed by atoms with van der Waals surface area (Å²) >= 11 is 0. The molecule has 4 fully saturated rings. The summed E-state index contributed by atoms with van der Waals surface area (Å²) in [6.45, 7) is 5.19. The summed E-state index contributed by atoms with van der Waals surface area (Å²) in [5, 5.41) is 43.0. The number of nitrogens with zero attached hydrogens (tertiary/aromatic N) is 10. The minimum absolute atomic E-state index is 0.0594. The second-order valence-electron chi connectivity index (χ2n) is 20.6. The van der Waals surface area contributed by atoms with Crippen molar-refractivity contribution in [3.63, 3.8) is 0 Å². The Morgan fingerprint density at radius 2 is 0.805 bits per heavy atom. The Hall–Kier alpha value is -8.29. The number of nitro benzene ring substituents is 4. The van der Waals surface area contributed by atoms with E-state index >= 15 is 0 Å². The Balaban J connectivity index is 0.000000125. The van der Waals surface area contributed by atoms with Crippen LogP contribution in [0.2, 0.25) is 0 Å². The predicted molar refractivity (Wildman–Crippen MR) is 288 cm³/mol. The van der Waals surface area contributed by atoms with E-state index in [0.29, 0.717) is 23.3 Å². The third kappa shape index (κ3) is 12.9. The molecule has 4 aromatic carbocycles. The first-order valence-electron chi connectivity index (χ1n) is 26.0. The van der Waals surface area contributed by atoms with Crippen LogP contribution in [-0.2, 0) is 4.79 Å². The standard InChI is InChI=1S/C14H16N4O3.2C13H16N4O2.C12H14N4O2/c1-9(19)17-6-4-10(5-7-17)14-15-12-3-2-11(18(20)21)8-13(12)16-14;1-16-6-4-9(5-7-16)13-14-11-3-2-10(17(18)19)8-12(11)15-13;14-9-3-1-2-8(6-9)13-15-11-5-4-10(17(18)19)7-12(11)16-13;13-8-2-1-7(5-8)12-14-10-4-3-9(16(17)18)6-11(10)15-12/h2-3,8,10H,4-7H2,1H3,(H,15,16);2-3,8-9H,4-7H2,1H3,(H,14,15);4-5,7-9H,1-3,6,14H2,(H,15,16);3-4,6-8H,1-2,5,13H2,(H,14,15)/t;;;7-,8+/m...1/s1. The molecule has 404 valence electrons. The van der Waals surface area contributed by atoms with Crippen molar-refractivity contribution in [3.8, 4) is 0 Å². The van der Waals surface area contributed by atoms with Gasteiger partial charge in [0.05, 0.1) is 63.8 Å². The molecule has 2 unspecified atom stereocenters. The van der Waals surface area contributed by atoms with E-state index in [1.165, 1.54) is 42.5 Å². The highest BCUT2D eigenvalue weighted by Gasteiger charge is 2.28. The number of carbonyl (C=O) groups excluding carboxylic acids is 1. The molecule has 0 radical (unpaired) electrons. The van der Waals surface area contributed by atoms with Crippen molar-refractivity contribution in [1.29, 1.82) is 0 Å². The number of non-ortho nitro benzene ring substituents is 4. The summed E-state index contributed by atoms with van der Waals surface area (Å²) in [6.07, 6.45) is 11.1. The molecule has 4 aromatic heterocycles. The Morgan fingerprint density at radius 1 is 0.481 bits per heavy atom. The van der Waals surface area contributed by atoms with E-state index in [9.17, 15) is 45.3 Å². The maximum Gasteiger partial charge on any atom is 0.271 e. The van der Waals surface area contributed by atoms with Crippen molar-refractivity contribution >= 4 is 72.8 Å². The molecule has 2 aliphatic heterocycles. The number of hydrogen-bond acceptors (Lipinski definition) is 16. The van der Waals surface area contributed by atoms with Crippen LogP contribution in [0, 0.1) is 40.5 Å². The molecule has 4 aliphatic rings. The number of aromatic nitrogens is 8. The summed E-state index contributed by atoms with van der Waals surface area (Å²) < 4.78 is 0. The molecule has 1 amide bonds. The fourth-order valence-corrected chi connectivity index (χ4v) is 10.8. The molecule has 25 heteroatoms. The van der Waals surface area contributed by atoms with Crippen LogP contribution in [0.25, 0.3) is 44.1 Å². The third-order valence-corrected chi connectivity index (χ3v) is 15.2. The Labute approximate surface area is 440 Å². The lowest BCUT2D eigenvalue weighted by Gasteiger charge is -2.30. The SMILES string of the molecule is CC(=O)N1CCC(c2nc3ccc([N+](=O)[O-])cc3[nH]2)CC1.CN1CCC(c2nc3ccc([N+](=O)[O-])cc3[nH]2)CC1.NC1CCCC(c2nc3ccc([N+](=O)[O-])cc3[nH]2)C1.N[C@H]1CC[C@@H](c2nc3ccc([N+](=O)[O-])cc3[nH]2)C1. The van der Waals surface area contributed by atoms with E-state index < -0.39 is 14.8 Å². The highest BCUT2D eigenvalue weighted by Crippen LogP contribution is 2.35. The van der Waals surface area contributed by atoms with E-state index in [0.717, 1.165) is 159 Å². The summed E-state index contributed by atoms with van der Waals surface area (Å²) in [5.41, 5.74) is 18.2. The van der Waals surface area contributed by atoms with Gasteiger partial charge in [-0.15, -0.1) is 0 Å². The lowest BCUT2D eigenvalue weighted by atomic mass is 9.86. The van der Waals surface area contributed by atoms with Gasteiger partial charge in [-0.05, 0) is 109 Å². The number of aromatic amines is 4. The molecule has 8 N–H and O–H groups in total. The molecule has 2 aliphatic carbocycles. The van der Waals surface area contributed by atoms with E-state index in [1.54, 1.807) is 37.3 Å². The first-order chi connectivity index (χ1) is 36.9. The van der Waals surface area contributed by atoms with Crippen LogP contribution >= 0.6 is 0 Å². The van der Waals surface area contributed by atoms with Crippen molar-refractivity contribution in [1.82, 2.24) is 49.7 Å². The lowest BCUT2D eigenvalue weighted by Crippen LogP contribution is -2.36. The number of carbonyl (C=O) groups is 1. The minimum Gasteiger partial charge on any atom is -0.343 e. The molecular formula is C52H62N16O9. The molecule has 77 heavy (non-hydrogen) atoms. The number of rotatable bonds is 8. The fraction of sp³-hybridized carbons (Fsp3) is 0.442. The van der Waals surface area contributed by atoms with Gasteiger partial charge < -0.3 is 41.2 Å². The number of nitrogens with two attached hydrogens (primary N) is 2. The van der Waals surface area contributed by atoms with Crippen molar-refractivity contribution in [2.24, 2.45) is 11.5 Å². The Bertz CT molecular complexity index is 3440. The maximum absolute atomic E-state index is 11.3. The fourth-order valence-electron chi connectivity index (χ4n) is 10.8. The summed E-state index contributed by atoms with van der Waals surface area (Å²) in [6, 6.07) is 19.3. The van der Waals surface area contributed by atoms with Gasteiger partial charge >= 0.3 is 0 Å². The monoisotopic (exact) mass is 1050 g/mol. The minimum atomic E-state index is -0.411. The van der Waals surface area contributed by atoms with Gasteiger partial charge in [-0.1, -0.05) is 6.42 Å². The number of likely N-dealkylation sites (tertiary alicyclic amines) is 2. The number of nitro groups is 4. The number of imidazole rings is 4. The number of benzene rings is 4. The third-order valence-electron chi connectivity index (χ3n) is 15.2. The Kier molecular flexibility index (Phi) is 16.2. The molecule has 6 heterocycles. The van der Waals surface area contributed by atoms with Crippen LogP contribution < -0.4 is 11.5 Å². The predicted octanol–water partition coefficient (Wildman–Crippen LogP) is 9.00. The van der Waals surface area contributed by atoms with Crippen molar-refractivity contribution in [3.05, 3.63) is 137 Å². The van der Waals surface area contributed by atoms with Gasteiger partial charge in [0, 0.05) is 104 Å². The molecule has 2 saturated heterocycles. The van der Waals surface area contributed by atoms with Gasteiger partial charge in [0.25, 0.3) is 22.7 Å². The number of piperidine rings is 2. The lowest BCUT2D eigenvalue weighted by molar-refractivity contribution is -0.384. The van der Waals surface area contributed by atoms with Crippen LogP contribution in [0.3, 0.4) is 0 Å². The molecule has 0 bridgehead atoms. The van der Waals surface area contributed by atoms with Gasteiger partial charge in [0.1, 0.15) is 23.3 Å². The number of H-pyrrole nitrogens is 4. The van der Waals surface area contributed by atoms with Gasteiger partial charge in [-0.2, -0.15) is 0 Å². The largest absolute Gasteiger partial charge is 0.343 e. The number of amides is 1. The van der Waals surface area contributed by atoms with Crippen molar-refractivity contribution < 1.29 is 24.5 Å². The van der Waals surface area contributed by atoms with Gasteiger partial charge in [0.2, 0.25) is 5.91 Å². The Morgan fingerprint density at radius 3 is 1.12 bits per heavy atom. The zero-order chi connectivity index (χ0) is 54.5. The van der Waals surface area contributed by atoms with Crippen molar-refractivity contribution in [2.45, 2.75) is 113 Å². The molecule has 25 nitrogen and oxygen atoms in total. The number of nitrogens with one attached hydrogen (secondary N) is 4. The normalized spacial score (nSPS) is 20.2. The molecule has 2 saturated carbocycles. The van der Waals surface area contributed by atoms with Crippen molar-refractivity contribution in [2.75, 3.05) is 33.2 Å². The summed E-state index contributed by atoms with van der Waals surface area (Å²) in [4.78, 5) is 87.8. The summed E-state index contributed by atoms with van der Waals surface area (Å²) in [5.74, 6) is 5.13. The van der Waals surface area contributed by atoms with Crippen LogP contribution in [0.15, 0.2) is 72.8 Å². The van der Waals surface area contributed by atoms with Crippen LogP contribution in [0.1, 0.15) is 125 Å². The maximum atomic E-state index is 11.3. The average Bonchev–Trinajstić information content (AvgIpc) is 4.29. The van der Waals surface area contributed by atoms with Gasteiger partial charge in [-0.3, -0.25) is 45.3 Å². The topological polar surface area (TPSA) is 363 Å². The average molecular weight is 1060 g/mol. The number of hydrogen-bond donors (Lipinski definition) is 6.